The zero-order valence-electron chi connectivity index (χ0n) is 22.0. The molecule has 0 unspecified atom stereocenters. The lowest BCUT2D eigenvalue weighted by atomic mass is 10.2. The van der Waals surface area contributed by atoms with Crippen molar-refractivity contribution in [2.75, 3.05) is 11.9 Å². The lowest BCUT2D eigenvalue weighted by Gasteiger charge is -2.21. The van der Waals surface area contributed by atoms with Crippen molar-refractivity contribution in [1.29, 1.82) is 0 Å². The number of hydrogen-bond acceptors (Lipinski definition) is 7. The fraction of sp³-hybridized carbons (Fsp3) is 0.138. The third-order valence-electron chi connectivity index (χ3n) is 5.67. The van der Waals surface area contributed by atoms with E-state index in [4.69, 9.17) is 20.8 Å². The molecule has 4 aromatic rings. The number of halogens is 1. The third-order valence-corrected chi connectivity index (χ3v) is 7.72. The number of ether oxygens (including phenoxy) is 1. The molecule has 0 aliphatic carbocycles. The van der Waals surface area contributed by atoms with Gasteiger partial charge in [-0.1, -0.05) is 54.1 Å². The Kier molecular flexibility index (Phi) is 9.91. The molecule has 12 heteroatoms. The van der Waals surface area contributed by atoms with Gasteiger partial charge in [0, 0.05) is 11.6 Å². The Balaban J connectivity index is 1.42. The van der Waals surface area contributed by atoms with Crippen molar-refractivity contribution in [3.8, 4) is 5.75 Å². The molecule has 10 nitrogen and oxygen atoms in total. The van der Waals surface area contributed by atoms with Crippen LogP contribution < -0.4 is 15.5 Å². The van der Waals surface area contributed by atoms with Crippen LogP contribution in [0.3, 0.4) is 0 Å². The van der Waals surface area contributed by atoms with E-state index in [0.29, 0.717) is 28.8 Å². The standard InChI is InChI=1S/C29H27ClN4O6S/c1-2-39-27-11-7-6-10-26(27)32-28(35)29(36)33-31-18-23-14-15-24(40-23)20-34(19-21-8-4-3-5-9-21)41(37,38)25-16-12-22(30)13-17-25/h3-18H,2,19-20H2,1H3,(H,32,35)(H,33,36)/b31-18+. The summed E-state index contributed by atoms with van der Waals surface area (Å²) in [5.41, 5.74) is 3.28. The summed E-state index contributed by atoms with van der Waals surface area (Å²) in [7, 11) is -3.90. The molecule has 0 saturated heterocycles. The van der Waals surface area contributed by atoms with Crippen molar-refractivity contribution >= 4 is 45.3 Å². The number of benzene rings is 3. The molecule has 212 valence electrons. The van der Waals surface area contributed by atoms with E-state index in [1.165, 1.54) is 34.8 Å². The minimum atomic E-state index is -3.90. The van der Waals surface area contributed by atoms with E-state index in [2.05, 4.69) is 15.8 Å². The number of anilines is 1. The van der Waals surface area contributed by atoms with E-state index in [1.807, 2.05) is 30.3 Å². The van der Waals surface area contributed by atoms with Crippen molar-refractivity contribution < 1.29 is 27.2 Å². The predicted molar refractivity (Wildman–Crippen MR) is 155 cm³/mol. The topological polar surface area (TPSA) is 130 Å². The molecule has 0 bridgehead atoms. The number of para-hydroxylation sites is 2. The average Bonchev–Trinajstić information content (AvgIpc) is 3.41. The molecule has 2 amide bonds. The average molecular weight is 595 g/mol. The van der Waals surface area contributed by atoms with Gasteiger partial charge in [-0.2, -0.15) is 9.41 Å². The van der Waals surface area contributed by atoms with Crippen LogP contribution >= 0.6 is 11.6 Å². The molecule has 0 aliphatic heterocycles. The first kappa shape index (κ1) is 29.5. The van der Waals surface area contributed by atoms with E-state index >= 15 is 0 Å². The molecular formula is C29H27ClN4O6S. The van der Waals surface area contributed by atoms with Gasteiger partial charge in [0.05, 0.1) is 29.9 Å². The van der Waals surface area contributed by atoms with Crippen LogP contribution in [0.2, 0.25) is 5.02 Å². The molecule has 1 heterocycles. The highest BCUT2D eigenvalue weighted by molar-refractivity contribution is 7.89. The van der Waals surface area contributed by atoms with Crippen LogP contribution in [-0.2, 0) is 32.7 Å². The normalized spacial score (nSPS) is 11.5. The Morgan fingerprint density at radius 2 is 1.63 bits per heavy atom. The Morgan fingerprint density at radius 3 is 2.37 bits per heavy atom. The Labute approximate surface area is 242 Å². The van der Waals surface area contributed by atoms with Crippen LogP contribution in [0.1, 0.15) is 24.0 Å². The molecule has 2 N–H and O–H groups in total. The zero-order chi connectivity index (χ0) is 29.2. The molecule has 0 fully saturated rings. The number of sulfonamides is 1. The van der Waals surface area contributed by atoms with E-state index < -0.39 is 21.8 Å². The van der Waals surface area contributed by atoms with Crippen molar-refractivity contribution in [2.24, 2.45) is 5.10 Å². The number of hydrazone groups is 1. The van der Waals surface area contributed by atoms with Gasteiger partial charge in [-0.25, -0.2) is 13.8 Å². The quantitative estimate of drug-likeness (QED) is 0.146. The second kappa shape index (κ2) is 13.8. The Hall–Kier alpha value is -4.45. The van der Waals surface area contributed by atoms with Crippen LogP contribution in [0.15, 0.2) is 105 Å². The van der Waals surface area contributed by atoms with Crippen LogP contribution in [0.4, 0.5) is 5.69 Å². The summed E-state index contributed by atoms with van der Waals surface area (Å²) in [4.78, 5) is 24.6. The summed E-state index contributed by atoms with van der Waals surface area (Å²) in [5, 5.41) is 6.67. The molecule has 3 aromatic carbocycles. The van der Waals surface area contributed by atoms with E-state index in [-0.39, 0.29) is 23.7 Å². The summed E-state index contributed by atoms with van der Waals surface area (Å²) in [6, 6.07) is 25.0. The summed E-state index contributed by atoms with van der Waals surface area (Å²) >= 11 is 5.95. The lowest BCUT2D eigenvalue weighted by Crippen LogP contribution is -2.32. The SMILES string of the molecule is CCOc1ccccc1NC(=O)C(=O)N/N=C/c1ccc(CN(Cc2ccccc2)S(=O)(=O)c2ccc(Cl)cc2)o1. The minimum absolute atomic E-state index is 0.0678. The number of furan rings is 1. The van der Waals surface area contributed by atoms with Crippen molar-refractivity contribution in [1.82, 2.24) is 9.73 Å². The first-order valence-electron chi connectivity index (χ1n) is 12.5. The number of carbonyl (C=O) groups is 2. The highest BCUT2D eigenvalue weighted by Crippen LogP contribution is 2.24. The molecule has 0 radical (unpaired) electrons. The van der Waals surface area contributed by atoms with Crippen LogP contribution in [0.5, 0.6) is 5.75 Å². The van der Waals surface area contributed by atoms with Gasteiger partial charge in [0.1, 0.15) is 17.3 Å². The number of nitrogens with zero attached hydrogens (tertiary/aromatic N) is 2. The highest BCUT2D eigenvalue weighted by atomic mass is 35.5. The van der Waals surface area contributed by atoms with Crippen molar-refractivity contribution in [2.45, 2.75) is 24.9 Å². The zero-order valence-corrected chi connectivity index (χ0v) is 23.6. The third kappa shape index (κ3) is 8.04. The fourth-order valence-electron chi connectivity index (χ4n) is 3.73. The van der Waals surface area contributed by atoms with Crippen LogP contribution in [0.25, 0.3) is 0 Å². The largest absolute Gasteiger partial charge is 0.492 e. The van der Waals surface area contributed by atoms with Gasteiger partial charge < -0.3 is 14.5 Å². The van der Waals surface area contributed by atoms with Crippen molar-refractivity contribution in [3.63, 3.8) is 0 Å². The first-order chi connectivity index (χ1) is 19.8. The second-order valence-corrected chi connectivity index (χ2v) is 11.0. The Morgan fingerprint density at radius 1 is 0.927 bits per heavy atom. The summed E-state index contributed by atoms with van der Waals surface area (Å²) in [5.74, 6) is -0.912. The monoisotopic (exact) mass is 594 g/mol. The maximum atomic E-state index is 13.5. The van der Waals surface area contributed by atoms with E-state index in [1.54, 1.807) is 43.3 Å². The molecule has 0 atom stereocenters. The molecule has 1 aromatic heterocycles. The summed E-state index contributed by atoms with van der Waals surface area (Å²) in [6.07, 6.45) is 1.21. The smallest absolute Gasteiger partial charge is 0.329 e. The lowest BCUT2D eigenvalue weighted by molar-refractivity contribution is -0.136. The van der Waals surface area contributed by atoms with E-state index in [0.717, 1.165) is 5.56 Å². The molecule has 0 spiro atoms. The number of nitrogens with one attached hydrogen (secondary N) is 2. The minimum Gasteiger partial charge on any atom is -0.492 e. The summed E-state index contributed by atoms with van der Waals surface area (Å²) in [6.45, 7) is 2.24. The van der Waals surface area contributed by atoms with Crippen molar-refractivity contribution in [3.05, 3.63) is 113 Å². The number of carbonyl (C=O) groups excluding carboxylic acids is 2. The van der Waals surface area contributed by atoms with Gasteiger partial charge in [0.15, 0.2) is 0 Å². The first-order valence-corrected chi connectivity index (χ1v) is 14.3. The molecule has 4 rings (SSSR count). The number of rotatable bonds is 11. The molecule has 0 saturated carbocycles. The van der Waals surface area contributed by atoms with Gasteiger partial charge in [-0.05, 0) is 61.0 Å². The van der Waals surface area contributed by atoms with Crippen LogP contribution in [-0.4, -0.2) is 37.4 Å². The van der Waals surface area contributed by atoms with Gasteiger partial charge in [-0.3, -0.25) is 9.59 Å². The van der Waals surface area contributed by atoms with Gasteiger partial charge >= 0.3 is 11.8 Å². The molecular weight excluding hydrogens is 568 g/mol. The van der Waals surface area contributed by atoms with Gasteiger partial charge in [0.25, 0.3) is 0 Å². The fourth-order valence-corrected chi connectivity index (χ4v) is 5.25. The number of amides is 2. The number of hydrogen-bond donors (Lipinski definition) is 2. The second-order valence-electron chi connectivity index (χ2n) is 8.60. The Bertz CT molecular complexity index is 1620. The van der Waals surface area contributed by atoms with Crippen LogP contribution in [0, 0.1) is 0 Å². The maximum absolute atomic E-state index is 13.5. The van der Waals surface area contributed by atoms with Gasteiger partial charge in [-0.15, -0.1) is 0 Å². The molecule has 0 aliphatic rings. The molecule has 41 heavy (non-hydrogen) atoms. The predicted octanol–water partition coefficient (Wildman–Crippen LogP) is 4.81. The highest BCUT2D eigenvalue weighted by Gasteiger charge is 2.26. The van der Waals surface area contributed by atoms with Gasteiger partial charge in [0.2, 0.25) is 10.0 Å². The summed E-state index contributed by atoms with van der Waals surface area (Å²) < 4.78 is 39.4. The van der Waals surface area contributed by atoms with E-state index in [9.17, 15) is 18.0 Å². The maximum Gasteiger partial charge on any atom is 0.329 e.